The standard InChI is InChI=1S/C17H25NO5/c1-11(2)16(17(22)23-3)18-15(21)10-14(20)13(19)9-12-7-5-4-6-8-12/h4-8,11,13-14,16,19-20H,9-10H2,1-3H3,(H,18,21)/t13-,14+,16-/m0/s1. The summed E-state index contributed by atoms with van der Waals surface area (Å²) in [7, 11) is 1.25. The molecule has 3 N–H and O–H groups in total. The molecular formula is C17H25NO5. The van der Waals surface area contributed by atoms with E-state index >= 15 is 0 Å². The third kappa shape index (κ3) is 6.38. The number of rotatable bonds is 8. The average molecular weight is 323 g/mol. The molecule has 0 bridgehead atoms. The summed E-state index contributed by atoms with van der Waals surface area (Å²) in [6, 6.07) is 8.43. The van der Waals surface area contributed by atoms with Crippen LogP contribution in [0.2, 0.25) is 0 Å². The molecule has 6 nitrogen and oxygen atoms in total. The third-order valence-corrected chi connectivity index (χ3v) is 3.56. The molecule has 0 heterocycles. The van der Waals surface area contributed by atoms with Gasteiger partial charge in [-0.15, -0.1) is 0 Å². The Morgan fingerprint density at radius 2 is 1.74 bits per heavy atom. The Morgan fingerprint density at radius 3 is 2.26 bits per heavy atom. The summed E-state index contributed by atoms with van der Waals surface area (Å²) < 4.78 is 4.64. The summed E-state index contributed by atoms with van der Waals surface area (Å²) in [5.41, 5.74) is 0.870. The first-order valence-corrected chi connectivity index (χ1v) is 7.62. The minimum atomic E-state index is -1.21. The number of benzene rings is 1. The van der Waals surface area contributed by atoms with E-state index in [2.05, 4.69) is 10.1 Å². The highest BCUT2D eigenvalue weighted by atomic mass is 16.5. The second kappa shape index (κ2) is 9.27. The average Bonchev–Trinajstić information content (AvgIpc) is 2.52. The summed E-state index contributed by atoms with van der Waals surface area (Å²) in [6.07, 6.45) is -2.30. The maximum absolute atomic E-state index is 12.0. The van der Waals surface area contributed by atoms with Crippen molar-refractivity contribution in [1.29, 1.82) is 0 Å². The Kier molecular flexibility index (Phi) is 7.71. The molecule has 0 saturated heterocycles. The van der Waals surface area contributed by atoms with Gasteiger partial charge in [0.2, 0.25) is 5.91 Å². The maximum Gasteiger partial charge on any atom is 0.328 e. The van der Waals surface area contributed by atoms with Crippen molar-refractivity contribution < 1.29 is 24.5 Å². The van der Waals surface area contributed by atoms with Gasteiger partial charge in [-0.1, -0.05) is 44.2 Å². The Hall–Kier alpha value is -1.92. The molecule has 0 radical (unpaired) electrons. The van der Waals surface area contributed by atoms with Gasteiger partial charge in [0.05, 0.1) is 25.7 Å². The van der Waals surface area contributed by atoms with Crippen molar-refractivity contribution in [3.05, 3.63) is 35.9 Å². The molecular weight excluding hydrogens is 298 g/mol. The van der Waals surface area contributed by atoms with E-state index in [4.69, 9.17) is 0 Å². The van der Waals surface area contributed by atoms with Gasteiger partial charge in [0, 0.05) is 6.42 Å². The summed E-state index contributed by atoms with van der Waals surface area (Å²) in [5.74, 6) is -1.18. The molecule has 1 aromatic carbocycles. The monoisotopic (exact) mass is 323 g/mol. The first kappa shape index (κ1) is 19.1. The molecule has 128 valence electrons. The number of ether oxygens (including phenoxy) is 1. The van der Waals surface area contributed by atoms with Crippen molar-refractivity contribution in [1.82, 2.24) is 5.32 Å². The zero-order chi connectivity index (χ0) is 17.4. The van der Waals surface area contributed by atoms with Gasteiger partial charge in [-0.05, 0) is 11.5 Å². The summed E-state index contributed by atoms with van der Waals surface area (Å²) >= 11 is 0. The highest BCUT2D eigenvalue weighted by Crippen LogP contribution is 2.10. The number of amides is 1. The molecule has 0 spiro atoms. The number of methoxy groups -OCH3 is 1. The first-order valence-electron chi connectivity index (χ1n) is 7.62. The van der Waals surface area contributed by atoms with E-state index in [0.717, 1.165) is 5.56 Å². The molecule has 23 heavy (non-hydrogen) atoms. The van der Waals surface area contributed by atoms with Crippen LogP contribution in [0.1, 0.15) is 25.8 Å². The number of nitrogens with one attached hydrogen (secondary N) is 1. The second-order valence-electron chi connectivity index (χ2n) is 5.84. The molecule has 0 aliphatic rings. The maximum atomic E-state index is 12.0. The molecule has 1 amide bonds. The lowest BCUT2D eigenvalue weighted by atomic mass is 10.0. The van der Waals surface area contributed by atoms with Gasteiger partial charge in [0.1, 0.15) is 6.04 Å². The molecule has 0 aromatic heterocycles. The van der Waals surface area contributed by atoms with E-state index < -0.39 is 30.1 Å². The number of aliphatic hydroxyl groups excluding tert-OH is 2. The quantitative estimate of drug-likeness (QED) is 0.611. The van der Waals surface area contributed by atoms with Gasteiger partial charge in [0.25, 0.3) is 0 Å². The minimum Gasteiger partial charge on any atom is -0.467 e. The molecule has 0 aliphatic carbocycles. The van der Waals surface area contributed by atoms with Crippen molar-refractivity contribution in [3.8, 4) is 0 Å². The van der Waals surface area contributed by atoms with Crippen LogP contribution in [0.15, 0.2) is 30.3 Å². The van der Waals surface area contributed by atoms with E-state index in [1.165, 1.54) is 7.11 Å². The lowest BCUT2D eigenvalue weighted by molar-refractivity contribution is -0.146. The van der Waals surface area contributed by atoms with Crippen LogP contribution in [0.5, 0.6) is 0 Å². The van der Waals surface area contributed by atoms with E-state index in [0.29, 0.717) is 0 Å². The minimum absolute atomic E-state index is 0.141. The highest BCUT2D eigenvalue weighted by molar-refractivity contribution is 5.84. The number of carbonyl (C=O) groups is 2. The van der Waals surface area contributed by atoms with Crippen molar-refractivity contribution in [2.24, 2.45) is 5.92 Å². The smallest absolute Gasteiger partial charge is 0.328 e. The number of aliphatic hydroxyl groups is 2. The Bertz CT molecular complexity index is 503. The highest BCUT2D eigenvalue weighted by Gasteiger charge is 2.27. The molecule has 1 aromatic rings. The normalized spacial score (nSPS) is 14.9. The van der Waals surface area contributed by atoms with Gasteiger partial charge in [-0.25, -0.2) is 4.79 Å². The fraction of sp³-hybridized carbons (Fsp3) is 0.529. The lowest BCUT2D eigenvalue weighted by Gasteiger charge is -2.22. The van der Waals surface area contributed by atoms with Crippen LogP contribution in [0.4, 0.5) is 0 Å². The fourth-order valence-electron chi connectivity index (χ4n) is 2.17. The van der Waals surface area contributed by atoms with Gasteiger partial charge < -0.3 is 20.3 Å². The SMILES string of the molecule is COC(=O)[C@@H](NC(=O)C[C@@H](O)[C@@H](O)Cc1ccccc1)C(C)C. The number of esters is 1. The van der Waals surface area contributed by atoms with Gasteiger partial charge >= 0.3 is 5.97 Å². The second-order valence-corrected chi connectivity index (χ2v) is 5.84. The van der Waals surface area contributed by atoms with Crippen molar-refractivity contribution in [2.45, 2.75) is 44.9 Å². The topological polar surface area (TPSA) is 95.9 Å². The zero-order valence-electron chi connectivity index (χ0n) is 13.7. The number of carbonyl (C=O) groups excluding carboxylic acids is 2. The summed E-state index contributed by atoms with van der Waals surface area (Å²) in [5, 5.41) is 22.5. The van der Waals surface area contributed by atoms with E-state index in [-0.39, 0.29) is 18.8 Å². The Morgan fingerprint density at radius 1 is 1.13 bits per heavy atom. The Balaban J connectivity index is 2.53. The van der Waals surface area contributed by atoms with Crippen LogP contribution in [0.25, 0.3) is 0 Å². The van der Waals surface area contributed by atoms with Gasteiger partial charge in [-0.2, -0.15) is 0 Å². The van der Waals surface area contributed by atoms with Crippen LogP contribution in [0.3, 0.4) is 0 Å². The van der Waals surface area contributed by atoms with Crippen LogP contribution in [0, 0.1) is 5.92 Å². The van der Waals surface area contributed by atoms with Crippen LogP contribution in [-0.2, 0) is 20.7 Å². The predicted molar refractivity (Wildman–Crippen MR) is 85.6 cm³/mol. The van der Waals surface area contributed by atoms with Crippen molar-refractivity contribution in [3.63, 3.8) is 0 Å². The third-order valence-electron chi connectivity index (χ3n) is 3.56. The summed E-state index contributed by atoms with van der Waals surface area (Å²) in [6.45, 7) is 3.56. The number of hydrogen-bond donors (Lipinski definition) is 3. The van der Waals surface area contributed by atoms with Crippen LogP contribution >= 0.6 is 0 Å². The molecule has 3 atom stereocenters. The summed E-state index contributed by atoms with van der Waals surface area (Å²) in [4.78, 5) is 23.6. The van der Waals surface area contributed by atoms with E-state index in [1.54, 1.807) is 13.8 Å². The molecule has 0 aliphatic heterocycles. The molecule has 0 fully saturated rings. The van der Waals surface area contributed by atoms with Gasteiger partial charge in [-0.3, -0.25) is 4.79 Å². The molecule has 6 heteroatoms. The lowest BCUT2D eigenvalue weighted by Crippen LogP contribution is -2.46. The van der Waals surface area contributed by atoms with Crippen molar-refractivity contribution >= 4 is 11.9 Å². The Labute approximate surface area is 136 Å². The fourth-order valence-corrected chi connectivity index (χ4v) is 2.17. The van der Waals surface area contributed by atoms with Crippen LogP contribution < -0.4 is 5.32 Å². The number of hydrogen-bond acceptors (Lipinski definition) is 5. The molecule has 1 rings (SSSR count). The van der Waals surface area contributed by atoms with Crippen molar-refractivity contribution in [2.75, 3.05) is 7.11 Å². The van der Waals surface area contributed by atoms with E-state index in [1.807, 2.05) is 30.3 Å². The van der Waals surface area contributed by atoms with Gasteiger partial charge in [0.15, 0.2) is 0 Å². The molecule has 0 saturated carbocycles. The van der Waals surface area contributed by atoms with Crippen LogP contribution in [-0.4, -0.2) is 47.4 Å². The van der Waals surface area contributed by atoms with E-state index in [9.17, 15) is 19.8 Å². The first-order chi connectivity index (χ1) is 10.8. The molecule has 0 unspecified atom stereocenters. The largest absolute Gasteiger partial charge is 0.467 e. The predicted octanol–water partition coefficient (Wildman–Crippen LogP) is 0.655. The zero-order valence-corrected chi connectivity index (χ0v) is 13.7.